The second kappa shape index (κ2) is 10.9. The third-order valence-electron chi connectivity index (χ3n) is 6.48. The number of fused-ring (bicyclic) bond motifs is 1. The molecule has 0 unspecified atom stereocenters. The number of nitrogens with zero attached hydrogens (tertiary/aromatic N) is 6. The topological polar surface area (TPSA) is 98.8 Å². The van der Waals surface area contributed by atoms with Crippen molar-refractivity contribution in [1.29, 1.82) is 0 Å². The first-order valence-corrected chi connectivity index (χ1v) is 12.0. The van der Waals surface area contributed by atoms with Gasteiger partial charge >= 0.3 is 0 Å². The second-order valence-corrected chi connectivity index (χ2v) is 8.72. The summed E-state index contributed by atoms with van der Waals surface area (Å²) < 4.78 is 27.7. The second-order valence-electron chi connectivity index (χ2n) is 8.72. The Hall–Kier alpha value is -4.09. The number of hydrogen-bond acceptors (Lipinski definition) is 8. The smallest absolute Gasteiger partial charge is 0.272 e. The minimum atomic E-state index is -0.660. The van der Waals surface area contributed by atoms with Crippen molar-refractivity contribution >= 4 is 28.1 Å². The lowest BCUT2D eigenvalue weighted by atomic mass is 10.2. The van der Waals surface area contributed by atoms with Crippen molar-refractivity contribution in [1.82, 2.24) is 19.7 Å². The summed E-state index contributed by atoms with van der Waals surface area (Å²) in [4.78, 5) is 19.2. The van der Waals surface area contributed by atoms with Crippen LogP contribution < -0.4 is 9.64 Å². The van der Waals surface area contributed by atoms with Gasteiger partial charge in [-0.3, -0.25) is 15.0 Å². The van der Waals surface area contributed by atoms with Crippen LogP contribution >= 0.6 is 0 Å². The number of morpholine rings is 1. The van der Waals surface area contributed by atoms with Crippen molar-refractivity contribution in [3.05, 3.63) is 82.4 Å². The Morgan fingerprint density at radius 2 is 1.92 bits per heavy atom. The maximum absolute atomic E-state index is 15.2. The fourth-order valence-corrected chi connectivity index (χ4v) is 4.48. The summed E-state index contributed by atoms with van der Waals surface area (Å²) in [5.74, 6) is 0.113. The van der Waals surface area contributed by atoms with Gasteiger partial charge in [-0.1, -0.05) is 12.1 Å². The zero-order valence-corrected chi connectivity index (χ0v) is 20.4. The van der Waals surface area contributed by atoms with Crippen LogP contribution in [0.25, 0.3) is 11.0 Å². The van der Waals surface area contributed by atoms with Crippen LogP contribution in [-0.2, 0) is 11.3 Å². The highest BCUT2D eigenvalue weighted by Crippen LogP contribution is 2.34. The Bertz CT molecular complexity index is 1390. The standard InChI is InChI=1S/C26H27FN6O4/c1-36-21-5-2-19(3-6-21)18-32-26-22(17-29-32)24(8-9-28-26)31(11-10-30-12-14-37-15-13-30)25-7-4-20(33(34)35)16-23(25)27/h2-9,16-17H,10-15,18H2,1H3. The van der Waals surface area contributed by atoms with E-state index in [0.717, 1.165) is 41.5 Å². The quantitative estimate of drug-likeness (QED) is 0.248. The highest BCUT2D eigenvalue weighted by atomic mass is 19.1. The minimum absolute atomic E-state index is 0.259. The highest BCUT2D eigenvalue weighted by molar-refractivity contribution is 5.91. The normalized spacial score (nSPS) is 14.1. The molecule has 11 heteroatoms. The van der Waals surface area contributed by atoms with Crippen molar-refractivity contribution in [3.63, 3.8) is 0 Å². The van der Waals surface area contributed by atoms with Gasteiger partial charge in [0.1, 0.15) is 5.75 Å². The van der Waals surface area contributed by atoms with Crippen molar-refractivity contribution in [3.8, 4) is 5.75 Å². The number of pyridine rings is 1. The summed E-state index contributed by atoms with van der Waals surface area (Å²) in [6.45, 7) is 4.54. The van der Waals surface area contributed by atoms with Crippen LogP contribution in [0.3, 0.4) is 0 Å². The molecule has 5 rings (SSSR count). The molecule has 1 fully saturated rings. The monoisotopic (exact) mass is 506 g/mol. The van der Waals surface area contributed by atoms with Crippen LogP contribution in [0.1, 0.15) is 5.56 Å². The molecule has 192 valence electrons. The van der Waals surface area contributed by atoms with Crippen LogP contribution in [0.4, 0.5) is 21.5 Å². The number of rotatable bonds is 9. The average Bonchev–Trinajstić information content (AvgIpc) is 3.33. The molecule has 0 spiro atoms. The first kappa shape index (κ1) is 24.6. The number of nitro benzene ring substituents is 1. The highest BCUT2D eigenvalue weighted by Gasteiger charge is 2.22. The lowest BCUT2D eigenvalue weighted by Gasteiger charge is -2.31. The van der Waals surface area contributed by atoms with E-state index >= 15 is 4.39 Å². The van der Waals surface area contributed by atoms with Crippen LogP contribution in [-0.4, -0.2) is 71.1 Å². The van der Waals surface area contributed by atoms with E-state index in [1.165, 1.54) is 12.1 Å². The van der Waals surface area contributed by atoms with Gasteiger partial charge in [0, 0.05) is 38.4 Å². The Kier molecular flexibility index (Phi) is 7.24. The Morgan fingerprint density at radius 1 is 1.14 bits per heavy atom. The predicted molar refractivity (Wildman–Crippen MR) is 137 cm³/mol. The number of anilines is 2. The molecule has 3 heterocycles. The van der Waals surface area contributed by atoms with E-state index in [1.54, 1.807) is 24.2 Å². The number of ether oxygens (including phenoxy) is 2. The first-order valence-electron chi connectivity index (χ1n) is 12.0. The average molecular weight is 507 g/mol. The molecule has 0 bridgehead atoms. The fraction of sp³-hybridized carbons (Fsp3) is 0.308. The Labute approximate surface area is 213 Å². The number of nitro groups is 1. The fourth-order valence-electron chi connectivity index (χ4n) is 4.48. The van der Waals surface area contributed by atoms with Gasteiger partial charge in [-0.15, -0.1) is 0 Å². The molecule has 4 aromatic rings. The summed E-state index contributed by atoms with van der Waals surface area (Å²) >= 11 is 0. The molecular formula is C26H27FN6O4. The van der Waals surface area contributed by atoms with Crippen LogP contribution in [0.5, 0.6) is 5.75 Å². The third kappa shape index (κ3) is 5.37. The van der Waals surface area contributed by atoms with E-state index in [4.69, 9.17) is 9.47 Å². The lowest BCUT2D eigenvalue weighted by molar-refractivity contribution is -0.385. The van der Waals surface area contributed by atoms with Gasteiger partial charge in [0.2, 0.25) is 0 Å². The zero-order chi connectivity index (χ0) is 25.8. The van der Waals surface area contributed by atoms with E-state index in [2.05, 4.69) is 15.0 Å². The van der Waals surface area contributed by atoms with Crippen molar-refractivity contribution < 1.29 is 18.8 Å². The third-order valence-corrected chi connectivity index (χ3v) is 6.48. The summed E-state index contributed by atoms with van der Waals surface area (Å²) in [6.07, 6.45) is 3.40. The minimum Gasteiger partial charge on any atom is -0.497 e. The van der Waals surface area contributed by atoms with Gasteiger partial charge in [-0.25, -0.2) is 14.1 Å². The maximum atomic E-state index is 15.2. The van der Waals surface area contributed by atoms with E-state index in [-0.39, 0.29) is 11.4 Å². The van der Waals surface area contributed by atoms with Gasteiger partial charge in [0.15, 0.2) is 11.5 Å². The van der Waals surface area contributed by atoms with E-state index in [9.17, 15) is 10.1 Å². The van der Waals surface area contributed by atoms with Crippen molar-refractivity contribution in [2.75, 3.05) is 51.4 Å². The summed E-state index contributed by atoms with van der Waals surface area (Å²) in [5.41, 5.74) is 2.39. The van der Waals surface area contributed by atoms with Gasteiger partial charge in [0.25, 0.3) is 5.69 Å². The number of methoxy groups -OCH3 is 1. The molecule has 1 saturated heterocycles. The van der Waals surface area contributed by atoms with Crippen molar-refractivity contribution in [2.24, 2.45) is 0 Å². The number of non-ortho nitro benzene ring substituents is 1. The Morgan fingerprint density at radius 3 is 2.62 bits per heavy atom. The number of hydrogen-bond donors (Lipinski definition) is 0. The van der Waals surface area contributed by atoms with Crippen LogP contribution in [0.2, 0.25) is 0 Å². The SMILES string of the molecule is COc1ccc(Cn2ncc3c(N(CCN4CCOCC4)c4ccc([N+](=O)[O-])cc4F)ccnc32)cc1. The molecule has 0 saturated carbocycles. The van der Waals surface area contributed by atoms with Crippen molar-refractivity contribution in [2.45, 2.75) is 6.54 Å². The van der Waals surface area contributed by atoms with Gasteiger partial charge < -0.3 is 14.4 Å². The molecule has 0 N–H and O–H groups in total. The zero-order valence-electron chi connectivity index (χ0n) is 20.4. The molecule has 2 aromatic carbocycles. The van der Waals surface area contributed by atoms with E-state index in [0.29, 0.717) is 38.5 Å². The predicted octanol–water partition coefficient (Wildman–Crippen LogP) is 4.01. The molecule has 0 radical (unpaired) electrons. The van der Waals surface area contributed by atoms with E-state index in [1.807, 2.05) is 35.2 Å². The van der Waals surface area contributed by atoms with Crippen LogP contribution in [0.15, 0.2) is 60.9 Å². The Balaban J connectivity index is 1.50. The molecule has 1 aliphatic heterocycles. The molecule has 10 nitrogen and oxygen atoms in total. The summed E-state index contributed by atoms with van der Waals surface area (Å²) in [6, 6.07) is 13.3. The molecule has 2 aromatic heterocycles. The van der Waals surface area contributed by atoms with E-state index < -0.39 is 10.7 Å². The molecule has 1 aliphatic rings. The summed E-state index contributed by atoms with van der Waals surface area (Å²) in [7, 11) is 1.63. The number of aromatic nitrogens is 3. The van der Waals surface area contributed by atoms with Gasteiger partial charge in [0.05, 0.1) is 60.8 Å². The van der Waals surface area contributed by atoms with Gasteiger partial charge in [-0.2, -0.15) is 5.10 Å². The lowest BCUT2D eigenvalue weighted by Crippen LogP contribution is -2.40. The molecule has 0 aliphatic carbocycles. The maximum Gasteiger partial charge on any atom is 0.272 e. The molecule has 0 amide bonds. The first-order chi connectivity index (χ1) is 18.0. The summed E-state index contributed by atoms with van der Waals surface area (Å²) in [5, 5.41) is 16.5. The number of benzene rings is 2. The number of halogens is 1. The van der Waals surface area contributed by atoms with Crippen LogP contribution in [0, 0.1) is 15.9 Å². The molecule has 37 heavy (non-hydrogen) atoms. The largest absolute Gasteiger partial charge is 0.497 e. The van der Waals surface area contributed by atoms with Gasteiger partial charge in [-0.05, 0) is 29.8 Å². The molecule has 0 atom stereocenters. The molecular weight excluding hydrogens is 479 g/mol.